The fourth-order valence-electron chi connectivity index (χ4n) is 3.98. The molecule has 2 aliphatic rings. The number of piperidine rings is 1. The summed E-state index contributed by atoms with van der Waals surface area (Å²) < 4.78 is 5.26. The van der Waals surface area contributed by atoms with Crippen LogP contribution in [0.5, 0.6) is 5.75 Å². The van der Waals surface area contributed by atoms with Crippen LogP contribution < -0.4 is 15.0 Å². The van der Waals surface area contributed by atoms with E-state index in [2.05, 4.69) is 16.8 Å². The molecule has 2 heterocycles. The second kappa shape index (κ2) is 7.99. The van der Waals surface area contributed by atoms with Crippen molar-refractivity contribution >= 4 is 35.3 Å². The third kappa shape index (κ3) is 3.75. The van der Waals surface area contributed by atoms with E-state index in [1.807, 2.05) is 35.2 Å². The number of thiophene rings is 1. The standard InChI is InChI=1S/C20H24N2O2S.ClH/c1-24-16-6-4-15(5-7-16)22(14-17-3-2-12-25-17)19(23)18-13-20(18)8-10-21-11-9-20;/h2-7,12,18,21H,8-11,13-14H2,1H3;1H. The number of benzene rings is 1. The summed E-state index contributed by atoms with van der Waals surface area (Å²) in [6.07, 6.45) is 3.29. The Morgan fingerprint density at radius 3 is 2.62 bits per heavy atom. The van der Waals surface area contributed by atoms with Crippen LogP contribution in [-0.2, 0) is 11.3 Å². The molecule has 2 aromatic rings. The third-order valence-corrected chi connectivity index (χ3v) is 6.49. The van der Waals surface area contributed by atoms with Crippen molar-refractivity contribution in [3.8, 4) is 5.75 Å². The van der Waals surface area contributed by atoms with Gasteiger partial charge in [-0.2, -0.15) is 0 Å². The van der Waals surface area contributed by atoms with Gasteiger partial charge in [0.05, 0.1) is 13.7 Å². The van der Waals surface area contributed by atoms with Gasteiger partial charge in [0.2, 0.25) is 5.91 Å². The van der Waals surface area contributed by atoms with E-state index in [0.717, 1.165) is 43.8 Å². The second-order valence-electron chi connectivity index (χ2n) is 7.07. The number of carbonyl (C=O) groups is 1. The topological polar surface area (TPSA) is 41.6 Å². The number of ether oxygens (including phenoxy) is 1. The number of hydrogen-bond acceptors (Lipinski definition) is 4. The van der Waals surface area contributed by atoms with Gasteiger partial charge < -0.3 is 15.0 Å². The van der Waals surface area contributed by atoms with Crippen LogP contribution in [0.2, 0.25) is 0 Å². The first-order valence-electron chi connectivity index (χ1n) is 8.90. The van der Waals surface area contributed by atoms with Gasteiger partial charge in [-0.3, -0.25) is 4.79 Å². The number of nitrogens with zero attached hydrogens (tertiary/aromatic N) is 1. The normalized spacial score (nSPS) is 20.3. The van der Waals surface area contributed by atoms with Crippen molar-refractivity contribution in [1.82, 2.24) is 5.32 Å². The van der Waals surface area contributed by atoms with Gasteiger partial charge in [-0.05, 0) is 73.5 Å². The molecule has 4 nitrogen and oxygen atoms in total. The lowest BCUT2D eigenvalue weighted by molar-refractivity contribution is -0.120. The van der Waals surface area contributed by atoms with E-state index in [9.17, 15) is 4.79 Å². The number of halogens is 1. The molecule has 0 radical (unpaired) electrons. The molecule has 1 spiro atoms. The van der Waals surface area contributed by atoms with Crippen molar-refractivity contribution in [2.45, 2.75) is 25.8 Å². The van der Waals surface area contributed by atoms with E-state index >= 15 is 0 Å². The van der Waals surface area contributed by atoms with Crippen LogP contribution in [0.4, 0.5) is 5.69 Å². The lowest BCUT2D eigenvalue weighted by Crippen LogP contribution is -2.36. The summed E-state index contributed by atoms with van der Waals surface area (Å²) in [6, 6.07) is 12.0. The molecule has 1 aromatic carbocycles. The number of rotatable bonds is 5. The van der Waals surface area contributed by atoms with Gasteiger partial charge in [0, 0.05) is 16.5 Å². The smallest absolute Gasteiger partial charge is 0.231 e. The second-order valence-corrected chi connectivity index (χ2v) is 8.10. The Bertz CT molecular complexity index is 727. The molecule has 140 valence electrons. The largest absolute Gasteiger partial charge is 0.497 e. The van der Waals surface area contributed by atoms with Gasteiger partial charge >= 0.3 is 0 Å². The maximum Gasteiger partial charge on any atom is 0.231 e. The highest BCUT2D eigenvalue weighted by Gasteiger charge is 2.58. The van der Waals surface area contributed by atoms with Crippen LogP contribution in [-0.4, -0.2) is 26.1 Å². The molecule has 1 saturated heterocycles. The monoisotopic (exact) mass is 392 g/mol. The van der Waals surface area contributed by atoms with Crippen LogP contribution in [0.3, 0.4) is 0 Å². The third-order valence-electron chi connectivity index (χ3n) is 5.63. The molecule has 1 aliphatic carbocycles. The lowest BCUT2D eigenvalue weighted by atomic mass is 9.91. The van der Waals surface area contributed by atoms with Crippen LogP contribution in [0, 0.1) is 11.3 Å². The Balaban J connectivity index is 0.00000196. The fraction of sp³-hybridized carbons (Fsp3) is 0.450. The van der Waals surface area contributed by atoms with Crippen molar-refractivity contribution in [1.29, 1.82) is 0 Å². The van der Waals surface area contributed by atoms with E-state index < -0.39 is 0 Å². The minimum atomic E-state index is 0. The van der Waals surface area contributed by atoms with E-state index in [-0.39, 0.29) is 29.6 Å². The van der Waals surface area contributed by atoms with Crippen molar-refractivity contribution in [3.05, 3.63) is 46.7 Å². The molecule has 1 amide bonds. The molecule has 1 atom stereocenters. The zero-order valence-corrected chi connectivity index (χ0v) is 16.6. The zero-order valence-electron chi connectivity index (χ0n) is 14.9. The molecule has 4 rings (SSSR count). The molecule has 6 heteroatoms. The van der Waals surface area contributed by atoms with Crippen LogP contribution in [0.1, 0.15) is 24.1 Å². The molecule has 1 saturated carbocycles. The average Bonchev–Trinajstić information content (AvgIpc) is 3.09. The maximum absolute atomic E-state index is 13.3. The van der Waals surface area contributed by atoms with Crippen molar-refractivity contribution in [3.63, 3.8) is 0 Å². The van der Waals surface area contributed by atoms with Crippen molar-refractivity contribution in [2.24, 2.45) is 11.3 Å². The van der Waals surface area contributed by atoms with E-state index in [0.29, 0.717) is 6.54 Å². The molecule has 1 aliphatic heterocycles. The van der Waals surface area contributed by atoms with Gasteiger partial charge in [0.1, 0.15) is 5.75 Å². The molecule has 2 fully saturated rings. The number of hydrogen-bond donors (Lipinski definition) is 1. The molecule has 1 unspecified atom stereocenters. The maximum atomic E-state index is 13.3. The van der Waals surface area contributed by atoms with Crippen molar-refractivity contribution in [2.75, 3.05) is 25.1 Å². The molecule has 1 N–H and O–H groups in total. The number of carbonyl (C=O) groups excluding carboxylic acids is 1. The highest BCUT2D eigenvalue weighted by Crippen LogP contribution is 2.59. The highest BCUT2D eigenvalue weighted by molar-refractivity contribution is 7.09. The van der Waals surface area contributed by atoms with Crippen LogP contribution in [0.25, 0.3) is 0 Å². The molecule has 26 heavy (non-hydrogen) atoms. The fourth-order valence-corrected chi connectivity index (χ4v) is 4.67. The SMILES string of the molecule is COc1ccc(N(Cc2cccs2)C(=O)C2CC23CCNCC3)cc1.Cl. The molecule has 1 aromatic heterocycles. The van der Waals surface area contributed by atoms with Crippen LogP contribution >= 0.6 is 23.7 Å². The van der Waals surface area contributed by atoms with Crippen molar-refractivity contribution < 1.29 is 9.53 Å². The Hall–Kier alpha value is -1.56. The van der Waals surface area contributed by atoms with Gasteiger partial charge in [-0.15, -0.1) is 23.7 Å². The summed E-state index contributed by atoms with van der Waals surface area (Å²) in [6.45, 7) is 2.72. The summed E-state index contributed by atoms with van der Waals surface area (Å²) in [5.74, 6) is 1.27. The van der Waals surface area contributed by atoms with Gasteiger partial charge in [0.15, 0.2) is 0 Å². The van der Waals surface area contributed by atoms with E-state index in [1.165, 1.54) is 4.88 Å². The summed E-state index contributed by atoms with van der Waals surface area (Å²) in [5.41, 5.74) is 1.21. The average molecular weight is 393 g/mol. The number of amides is 1. The summed E-state index contributed by atoms with van der Waals surface area (Å²) in [4.78, 5) is 16.5. The molecular formula is C20H25ClN2O2S. The van der Waals surface area contributed by atoms with E-state index in [1.54, 1.807) is 18.4 Å². The summed E-state index contributed by atoms with van der Waals surface area (Å²) in [5, 5.41) is 5.48. The van der Waals surface area contributed by atoms with E-state index in [4.69, 9.17) is 4.74 Å². The van der Waals surface area contributed by atoms with Gasteiger partial charge in [0.25, 0.3) is 0 Å². The number of anilines is 1. The predicted octanol–water partition coefficient (Wildman–Crippen LogP) is 4.10. The minimum Gasteiger partial charge on any atom is -0.497 e. The highest BCUT2D eigenvalue weighted by atomic mass is 35.5. The first-order chi connectivity index (χ1) is 12.2. The molecule has 0 bridgehead atoms. The summed E-state index contributed by atoms with van der Waals surface area (Å²) in [7, 11) is 1.66. The number of nitrogens with one attached hydrogen (secondary N) is 1. The van der Waals surface area contributed by atoms with Gasteiger partial charge in [-0.1, -0.05) is 6.07 Å². The quantitative estimate of drug-likeness (QED) is 0.832. The minimum absolute atomic E-state index is 0. The van der Waals surface area contributed by atoms with Gasteiger partial charge in [-0.25, -0.2) is 0 Å². The first-order valence-corrected chi connectivity index (χ1v) is 9.78. The predicted molar refractivity (Wildman–Crippen MR) is 108 cm³/mol. The summed E-state index contributed by atoms with van der Waals surface area (Å²) >= 11 is 1.70. The zero-order chi connectivity index (χ0) is 17.3. The van der Waals surface area contributed by atoms with Crippen LogP contribution in [0.15, 0.2) is 41.8 Å². The Morgan fingerprint density at radius 1 is 1.27 bits per heavy atom. The Kier molecular flexibility index (Phi) is 5.90. The number of methoxy groups -OCH3 is 1. The Labute approximate surface area is 165 Å². The molecular weight excluding hydrogens is 368 g/mol. The Morgan fingerprint density at radius 2 is 2.00 bits per heavy atom. The first kappa shape index (κ1) is 19.2. The lowest BCUT2D eigenvalue weighted by Gasteiger charge is -2.27.